The number of imidazole rings is 1. The van der Waals surface area contributed by atoms with Crippen molar-refractivity contribution >= 4 is 35.9 Å². The number of allylic oxidation sites excluding steroid dienone is 1. The second-order valence-corrected chi connectivity index (χ2v) is 4.71. The third-order valence-corrected chi connectivity index (χ3v) is 3.75. The number of fused-ring (bicyclic) bond motifs is 1. The molecule has 0 saturated heterocycles. The molecule has 19 heavy (non-hydrogen) atoms. The third-order valence-electron chi connectivity index (χ3n) is 3.20. The highest BCUT2D eigenvalue weighted by molar-refractivity contribution is 7.71. The van der Waals surface area contributed by atoms with E-state index in [0.29, 0.717) is 16.3 Å². The van der Waals surface area contributed by atoms with Crippen LogP contribution in [0.1, 0.15) is 11.3 Å². The molecule has 0 spiro atoms. The van der Waals surface area contributed by atoms with Gasteiger partial charge in [0, 0.05) is 37.6 Å². The molecule has 0 aliphatic carbocycles. The number of nitrogens with zero attached hydrogens (tertiary/aromatic N) is 4. The van der Waals surface area contributed by atoms with Gasteiger partial charge in [-0.15, -0.1) is 0 Å². The highest BCUT2D eigenvalue weighted by Crippen LogP contribution is 2.32. The zero-order valence-electron chi connectivity index (χ0n) is 10.5. The number of hydrogen-bond acceptors (Lipinski definition) is 4. The Morgan fingerprint density at radius 3 is 2.79 bits per heavy atom. The van der Waals surface area contributed by atoms with Crippen molar-refractivity contribution in [3.63, 3.8) is 0 Å². The maximum atomic E-state index is 10.1. The molecule has 3 heterocycles. The van der Waals surface area contributed by atoms with Crippen LogP contribution in [0.3, 0.4) is 0 Å². The zero-order valence-corrected chi connectivity index (χ0v) is 11.3. The van der Waals surface area contributed by atoms with Crippen LogP contribution in [-0.2, 0) is 14.1 Å². The zero-order chi connectivity index (χ0) is 13.6. The fourth-order valence-corrected chi connectivity index (χ4v) is 2.27. The van der Waals surface area contributed by atoms with E-state index < -0.39 is 0 Å². The van der Waals surface area contributed by atoms with Crippen molar-refractivity contribution in [2.45, 2.75) is 0 Å². The van der Waals surface area contributed by atoms with Gasteiger partial charge in [0.25, 0.3) is 0 Å². The topological polar surface area (TPSA) is 55.3 Å². The van der Waals surface area contributed by atoms with Crippen LogP contribution in [0, 0.1) is 4.77 Å². The minimum Gasteiger partial charge on any atom is -0.493 e. The van der Waals surface area contributed by atoms with Crippen LogP contribution in [0.4, 0.5) is 5.82 Å². The summed E-state index contributed by atoms with van der Waals surface area (Å²) in [6, 6.07) is 3.82. The van der Waals surface area contributed by atoms with Crippen molar-refractivity contribution in [3.8, 4) is 5.88 Å². The highest BCUT2D eigenvalue weighted by atomic mass is 32.1. The first kappa shape index (κ1) is 11.9. The molecule has 0 unspecified atom stereocenters. The average Bonchev–Trinajstić information content (AvgIpc) is 2.91. The van der Waals surface area contributed by atoms with E-state index in [9.17, 15) is 5.11 Å². The van der Waals surface area contributed by atoms with Crippen LogP contribution in [0.15, 0.2) is 23.3 Å². The van der Waals surface area contributed by atoms with E-state index in [2.05, 4.69) is 9.98 Å². The Kier molecular flexibility index (Phi) is 2.60. The summed E-state index contributed by atoms with van der Waals surface area (Å²) in [6.45, 7) is 0. The van der Waals surface area contributed by atoms with Crippen LogP contribution in [-0.4, -0.2) is 25.4 Å². The summed E-state index contributed by atoms with van der Waals surface area (Å²) in [4.78, 5) is 8.42. The molecule has 0 saturated carbocycles. The molecule has 6 heteroatoms. The van der Waals surface area contributed by atoms with Crippen molar-refractivity contribution in [1.82, 2.24) is 14.1 Å². The van der Waals surface area contributed by atoms with Crippen LogP contribution in [0.2, 0.25) is 0 Å². The first-order chi connectivity index (χ1) is 9.09. The minimum absolute atomic E-state index is 0.144. The molecule has 0 aromatic carbocycles. The molecule has 0 amide bonds. The minimum atomic E-state index is 0.144. The van der Waals surface area contributed by atoms with E-state index in [1.165, 1.54) is 0 Å². The summed E-state index contributed by atoms with van der Waals surface area (Å²) in [5, 5.41) is 10.1. The smallest absolute Gasteiger partial charge is 0.217 e. The first-order valence-electron chi connectivity index (χ1n) is 5.75. The fourth-order valence-electron chi connectivity index (χ4n) is 2.09. The lowest BCUT2D eigenvalue weighted by Crippen LogP contribution is -1.92. The second kappa shape index (κ2) is 4.17. The van der Waals surface area contributed by atoms with E-state index in [-0.39, 0.29) is 5.88 Å². The van der Waals surface area contributed by atoms with Crippen molar-refractivity contribution < 1.29 is 5.11 Å². The Morgan fingerprint density at radius 2 is 2.11 bits per heavy atom. The summed E-state index contributed by atoms with van der Waals surface area (Å²) in [5.74, 6) is 0.844. The van der Waals surface area contributed by atoms with Gasteiger partial charge in [-0.05, 0) is 30.4 Å². The lowest BCUT2D eigenvalue weighted by Gasteiger charge is -2.00. The fraction of sp³-hybridized carbons (Fsp3) is 0.154. The second-order valence-electron chi connectivity index (χ2n) is 4.34. The predicted molar refractivity (Wildman–Crippen MR) is 77.1 cm³/mol. The van der Waals surface area contributed by atoms with Gasteiger partial charge in [0.2, 0.25) is 5.88 Å². The van der Waals surface area contributed by atoms with Gasteiger partial charge in [-0.3, -0.25) is 4.57 Å². The number of aliphatic imine (C=N–C) groups is 1. The molecule has 3 rings (SSSR count). The largest absolute Gasteiger partial charge is 0.493 e. The number of hydrogen-bond donors (Lipinski definition) is 1. The van der Waals surface area contributed by atoms with Gasteiger partial charge < -0.3 is 9.67 Å². The number of rotatable bonds is 1. The Bertz CT molecular complexity index is 782. The van der Waals surface area contributed by atoms with Crippen LogP contribution < -0.4 is 0 Å². The molecule has 96 valence electrons. The SMILES string of the molecule is Cn1c(O)c(/C=C2\C=Nc3ncccc32)n(C)c1=S. The molecule has 5 nitrogen and oxygen atoms in total. The molecule has 1 N–H and O–H groups in total. The first-order valence-corrected chi connectivity index (χ1v) is 6.16. The van der Waals surface area contributed by atoms with E-state index in [4.69, 9.17) is 12.2 Å². The average molecular weight is 272 g/mol. The number of pyridine rings is 1. The lowest BCUT2D eigenvalue weighted by molar-refractivity contribution is 0.430. The monoisotopic (exact) mass is 272 g/mol. The Morgan fingerprint density at radius 1 is 1.32 bits per heavy atom. The molecular formula is C13H12N4OS. The summed E-state index contributed by atoms with van der Waals surface area (Å²) in [6.07, 6.45) is 5.32. The molecule has 2 aromatic heterocycles. The van der Waals surface area contributed by atoms with Crippen LogP contribution in [0.5, 0.6) is 5.88 Å². The van der Waals surface area contributed by atoms with Gasteiger partial charge in [-0.25, -0.2) is 9.98 Å². The predicted octanol–water partition coefficient (Wildman–Crippen LogP) is 2.45. The third kappa shape index (κ3) is 1.72. The lowest BCUT2D eigenvalue weighted by atomic mass is 10.1. The van der Waals surface area contributed by atoms with Gasteiger partial charge in [-0.2, -0.15) is 0 Å². The van der Waals surface area contributed by atoms with E-state index in [1.54, 1.807) is 28.6 Å². The molecule has 0 radical (unpaired) electrons. The molecule has 0 bridgehead atoms. The quantitative estimate of drug-likeness (QED) is 0.811. The normalized spacial score (nSPS) is 15.2. The van der Waals surface area contributed by atoms with Gasteiger partial charge in [0.1, 0.15) is 5.69 Å². The number of aromatic hydroxyl groups is 1. The molecule has 2 aromatic rings. The summed E-state index contributed by atoms with van der Waals surface area (Å²) in [7, 11) is 3.56. The van der Waals surface area contributed by atoms with Gasteiger partial charge in [-0.1, -0.05) is 0 Å². The molecular weight excluding hydrogens is 260 g/mol. The maximum Gasteiger partial charge on any atom is 0.217 e. The van der Waals surface area contributed by atoms with E-state index in [0.717, 1.165) is 11.1 Å². The van der Waals surface area contributed by atoms with E-state index >= 15 is 0 Å². The van der Waals surface area contributed by atoms with Gasteiger partial charge in [0.05, 0.1) is 0 Å². The molecule has 0 atom stereocenters. The summed E-state index contributed by atoms with van der Waals surface area (Å²) < 4.78 is 3.89. The summed E-state index contributed by atoms with van der Waals surface area (Å²) in [5.41, 5.74) is 2.52. The van der Waals surface area contributed by atoms with Crippen molar-refractivity contribution in [1.29, 1.82) is 0 Å². The van der Waals surface area contributed by atoms with E-state index in [1.807, 2.05) is 25.3 Å². The van der Waals surface area contributed by atoms with Gasteiger partial charge >= 0.3 is 0 Å². The van der Waals surface area contributed by atoms with Crippen molar-refractivity contribution in [3.05, 3.63) is 34.4 Å². The van der Waals surface area contributed by atoms with Crippen LogP contribution >= 0.6 is 12.2 Å². The number of aromatic nitrogens is 3. The molecule has 1 aliphatic heterocycles. The molecule has 1 aliphatic rings. The van der Waals surface area contributed by atoms with Crippen molar-refractivity contribution in [2.75, 3.05) is 0 Å². The molecule has 0 fully saturated rings. The standard InChI is InChI=1S/C13H12N4OS/c1-16-10(12(18)17(2)13(16)19)6-8-7-15-11-9(8)4-3-5-14-11/h3-7,18H,1-2H3/b8-6+. The Labute approximate surface area is 115 Å². The Hall–Kier alpha value is -2.21. The van der Waals surface area contributed by atoms with Crippen LogP contribution in [0.25, 0.3) is 11.6 Å². The van der Waals surface area contributed by atoms with Gasteiger partial charge in [0.15, 0.2) is 10.6 Å². The van der Waals surface area contributed by atoms with Crippen molar-refractivity contribution in [2.24, 2.45) is 19.1 Å². The Balaban J connectivity index is 2.18. The summed E-state index contributed by atoms with van der Waals surface area (Å²) >= 11 is 5.21. The highest BCUT2D eigenvalue weighted by Gasteiger charge is 2.16. The maximum absolute atomic E-state index is 10.1.